The zero-order valence-corrected chi connectivity index (χ0v) is 17.6. The molecule has 0 atom stereocenters. The minimum atomic E-state index is 0.380. The van der Waals surface area contributed by atoms with Crippen molar-refractivity contribution in [3.8, 4) is 11.5 Å². The lowest BCUT2D eigenvalue weighted by atomic mass is 10.1. The normalized spacial score (nSPS) is 10.5. The topological polar surface area (TPSA) is 74.1 Å². The number of tetrazole rings is 1. The third-order valence-corrected chi connectivity index (χ3v) is 4.94. The van der Waals surface area contributed by atoms with Crippen LogP contribution in [-0.2, 0) is 19.7 Å². The van der Waals surface area contributed by atoms with Crippen LogP contribution in [0.4, 0.5) is 5.95 Å². The molecule has 3 aromatic rings. The maximum absolute atomic E-state index is 6.10. The Morgan fingerprint density at radius 3 is 2.75 bits per heavy atom. The Balaban J connectivity index is 1.81. The standard InChI is InChI=1S/C19H19BrClN5O2/c1-3-10-26-19(23-24-25-26)22-11-15-16(20)8-9-17(27-2)18(15)28-12-13-4-6-14(21)7-5-13/h3-9H,1,10-12H2,2H3,(H,22,23,25). The summed E-state index contributed by atoms with van der Waals surface area (Å²) >= 11 is 9.54. The van der Waals surface area contributed by atoms with Gasteiger partial charge in [-0.25, -0.2) is 4.68 Å². The number of rotatable bonds is 9. The van der Waals surface area contributed by atoms with E-state index in [1.807, 2.05) is 36.4 Å². The van der Waals surface area contributed by atoms with E-state index in [-0.39, 0.29) is 0 Å². The minimum absolute atomic E-state index is 0.380. The Labute approximate surface area is 176 Å². The molecule has 0 fully saturated rings. The van der Waals surface area contributed by atoms with Gasteiger partial charge in [0.2, 0.25) is 5.95 Å². The summed E-state index contributed by atoms with van der Waals surface area (Å²) in [5.41, 5.74) is 1.89. The number of nitrogens with one attached hydrogen (secondary N) is 1. The lowest BCUT2D eigenvalue weighted by Crippen LogP contribution is -2.10. The van der Waals surface area contributed by atoms with E-state index < -0.39 is 0 Å². The third-order valence-electron chi connectivity index (χ3n) is 3.94. The molecule has 2 aromatic carbocycles. The second kappa shape index (κ2) is 9.57. The van der Waals surface area contributed by atoms with Gasteiger partial charge in [0.15, 0.2) is 11.5 Å². The Kier molecular flexibility index (Phi) is 6.89. The van der Waals surface area contributed by atoms with Crippen LogP contribution in [0.25, 0.3) is 0 Å². The molecule has 0 unspecified atom stereocenters. The van der Waals surface area contributed by atoms with Crippen LogP contribution in [0.1, 0.15) is 11.1 Å². The molecule has 0 saturated carbocycles. The summed E-state index contributed by atoms with van der Waals surface area (Å²) in [6.07, 6.45) is 1.73. The molecule has 0 radical (unpaired) electrons. The van der Waals surface area contributed by atoms with Crippen molar-refractivity contribution in [2.24, 2.45) is 0 Å². The van der Waals surface area contributed by atoms with E-state index in [0.717, 1.165) is 15.6 Å². The lowest BCUT2D eigenvalue weighted by molar-refractivity contribution is 0.281. The van der Waals surface area contributed by atoms with E-state index in [1.54, 1.807) is 17.9 Å². The molecule has 0 bridgehead atoms. The smallest absolute Gasteiger partial charge is 0.243 e. The van der Waals surface area contributed by atoms with E-state index >= 15 is 0 Å². The zero-order valence-electron chi connectivity index (χ0n) is 15.2. The van der Waals surface area contributed by atoms with Crippen LogP contribution in [0.2, 0.25) is 5.02 Å². The van der Waals surface area contributed by atoms with Gasteiger partial charge in [0, 0.05) is 21.6 Å². The largest absolute Gasteiger partial charge is 0.493 e. The van der Waals surface area contributed by atoms with Crippen molar-refractivity contribution in [2.75, 3.05) is 12.4 Å². The molecule has 0 aliphatic carbocycles. The Hall–Kier alpha value is -2.58. The molecule has 7 nitrogen and oxygen atoms in total. The van der Waals surface area contributed by atoms with E-state index in [1.165, 1.54) is 0 Å². The lowest BCUT2D eigenvalue weighted by Gasteiger charge is -2.17. The second-order valence-electron chi connectivity index (χ2n) is 5.80. The van der Waals surface area contributed by atoms with Gasteiger partial charge < -0.3 is 14.8 Å². The Bertz CT molecular complexity index is 946. The quantitative estimate of drug-likeness (QED) is 0.471. The van der Waals surface area contributed by atoms with Crippen LogP contribution in [0, 0.1) is 0 Å². The highest BCUT2D eigenvalue weighted by atomic mass is 79.9. The predicted molar refractivity (Wildman–Crippen MR) is 112 cm³/mol. The van der Waals surface area contributed by atoms with Crippen LogP contribution in [0.3, 0.4) is 0 Å². The van der Waals surface area contributed by atoms with Crippen LogP contribution in [0.15, 0.2) is 53.5 Å². The van der Waals surface area contributed by atoms with Crippen molar-refractivity contribution in [3.05, 3.63) is 69.7 Å². The average Bonchev–Trinajstić information content (AvgIpc) is 3.14. The number of benzene rings is 2. The maximum atomic E-state index is 6.10. The number of nitrogens with zero attached hydrogens (tertiary/aromatic N) is 4. The van der Waals surface area contributed by atoms with Crippen LogP contribution in [0.5, 0.6) is 11.5 Å². The number of methoxy groups -OCH3 is 1. The number of aromatic nitrogens is 4. The molecule has 1 heterocycles. The number of allylic oxidation sites excluding steroid dienone is 1. The van der Waals surface area contributed by atoms with Gasteiger partial charge in [0.25, 0.3) is 0 Å². The molecule has 0 saturated heterocycles. The fraction of sp³-hybridized carbons (Fsp3) is 0.211. The molecule has 0 amide bonds. The SMILES string of the molecule is C=CCn1nnnc1NCc1c(Br)ccc(OC)c1OCc1ccc(Cl)cc1. The highest BCUT2D eigenvalue weighted by Crippen LogP contribution is 2.37. The molecule has 3 rings (SSSR count). The van der Waals surface area contributed by atoms with Crippen LogP contribution in [-0.4, -0.2) is 27.3 Å². The summed E-state index contributed by atoms with van der Waals surface area (Å²) in [7, 11) is 1.61. The summed E-state index contributed by atoms with van der Waals surface area (Å²) in [4.78, 5) is 0. The van der Waals surface area contributed by atoms with Crippen molar-refractivity contribution < 1.29 is 9.47 Å². The number of anilines is 1. The van der Waals surface area contributed by atoms with Crippen molar-refractivity contribution in [1.82, 2.24) is 20.2 Å². The van der Waals surface area contributed by atoms with Gasteiger partial charge in [-0.15, -0.1) is 6.58 Å². The summed E-state index contributed by atoms with van der Waals surface area (Å²) in [5, 5.41) is 15.5. The molecule has 0 aliphatic rings. The monoisotopic (exact) mass is 463 g/mol. The molecule has 28 heavy (non-hydrogen) atoms. The van der Waals surface area contributed by atoms with E-state index in [0.29, 0.717) is 42.2 Å². The van der Waals surface area contributed by atoms with Crippen molar-refractivity contribution in [1.29, 1.82) is 0 Å². The van der Waals surface area contributed by atoms with Gasteiger partial charge in [-0.05, 0) is 40.3 Å². The first-order valence-electron chi connectivity index (χ1n) is 8.46. The Morgan fingerprint density at radius 2 is 2.04 bits per heavy atom. The molecule has 1 N–H and O–H groups in total. The molecule has 1 aromatic heterocycles. The van der Waals surface area contributed by atoms with Gasteiger partial charge in [-0.1, -0.05) is 50.8 Å². The summed E-state index contributed by atoms with van der Waals surface area (Å²) < 4.78 is 14.1. The van der Waals surface area contributed by atoms with Crippen LogP contribution < -0.4 is 14.8 Å². The molecule has 0 spiro atoms. The number of ether oxygens (including phenoxy) is 2. The first kappa shape index (κ1) is 20.2. The van der Waals surface area contributed by atoms with E-state index in [9.17, 15) is 0 Å². The summed E-state index contributed by atoms with van der Waals surface area (Å²) in [5.74, 6) is 1.82. The van der Waals surface area contributed by atoms with E-state index in [2.05, 4.69) is 43.4 Å². The third kappa shape index (κ3) is 4.82. The first-order chi connectivity index (χ1) is 13.6. The predicted octanol–water partition coefficient (Wildman–Crippen LogP) is 4.47. The van der Waals surface area contributed by atoms with Crippen LogP contribution >= 0.6 is 27.5 Å². The summed E-state index contributed by atoms with van der Waals surface area (Å²) in [6.45, 7) is 5.03. The molecule has 9 heteroatoms. The van der Waals surface area contributed by atoms with Gasteiger partial charge >= 0.3 is 0 Å². The van der Waals surface area contributed by atoms with Gasteiger partial charge in [0.05, 0.1) is 13.7 Å². The van der Waals surface area contributed by atoms with E-state index in [4.69, 9.17) is 21.1 Å². The van der Waals surface area contributed by atoms with Crippen molar-refractivity contribution in [2.45, 2.75) is 19.7 Å². The first-order valence-corrected chi connectivity index (χ1v) is 9.63. The molecular weight excluding hydrogens is 446 g/mol. The highest BCUT2D eigenvalue weighted by Gasteiger charge is 2.16. The highest BCUT2D eigenvalue weighted by molar-refractivity contribution is 9.10. The fourth-order valence-corrected chi connectivity index (χ4v) is 3.12. The Morgan fingerprint density at radius 1 is 1.25 bits per heavy atom. The van der Waals surface area contributed by atoms with Gasteiger partial charge in [-0.2, -0.15) is 0 Å². The van der Waals surface area contributed by atoms with Gasteiger partial charge in [-0.3, -0.25) is 0 Å². The average molecular weight is 465 g/mol. The second-order valence-corrected chi connectivity index (χ2v) is 7.09. The van der Waals surface area contributed by atoms with Crippen molar-refractivity contribution >= 4 is 33.5 Å². The molecular formula is C19H19BrClN5O2. The molecule has 0 aliphatic heterocycles. The summed E-state index contributed by atoms with van der Waals surface area (Å²) in [6, 6.07) is 11.3. The fourth-order valence-electron chi connectivity index (χ4n) is 2.55. The number of hydrogen-bond donors (Lipinski definition) is 1. The number of hydrogen-bond acceptors (Lipinski definition) is 6. The zero-order chi connectivity index (χ0) is 19.9. The maximum Gasteiger partial charge on any atom is 0.243 e. The molecule has 146 valence electrons. The minimum Gasteiger partial charge on any atom is -0.493 e. The number of halogens is 2. The van der Waals surface area contributed by atoms with Gasteiger partial charge in [0.1, 0.15) is 6.61 Å². The van der Waals surface area contributed by atoms with Crippen molar-refractivity contribution in [3.63, 3.8) is 0 Å².